The average molecular weight is 236 g/mol. The normalized spacial score (nSPS) is 9.88. The molecule has 0 saturated heterocycles. The first-order valence-corrected chi connectivity index (χ1v) is 5.24. The van der Waals surface area contributed by atoms with Crippen molar-refractivity contribution in [3.05, 3.63) is 35.1 Å². The van der Waals surface area contributed by atoms with Crippen LogP contribution < -0.4 is 5.32 Å². The van der Waals surface area contributed by atoms with Crippen LogP contribution in [0.15, 0.2) is 18.2 Å². The molecule has 1 rings (SSSR count). The molecule has 0 aliphatic carbocycles. The maximum Gasteiger partial charge on any atom is 0.303 e. The number of nitrogens with one attached hydrogen (secondary N) is 1. The van der Waals surface area contributed by atoms with E-state index in [1.54, 1.807) is 12.1 Å². The third kappa shape index (κ3) is 4.62. The minimum Gasteiger partial charge on any atom is -0.481 e. The first-order chi connectivity index (χ1) is 8.13. The van der Waals surface area contributed by atoms with E-state index in [0.29, 0.717) is 19.5 Å². The Morgan fingerprint density at radius 3 is 2.94 bits per heavy atom. The van der Waals surface area contributed by atoms with Crippen molar-refractivity contribution < 1.29 is 14.3 Å². The van der Waals surface area contributed by atoms with Crippen LogP contribution in [0.25, 0.3) is 0 Å². The van der Waals surface area contributed by atoms with Crippen molar-refractivity contribution in [2.45, 2.75) is 19.4 Å². The van der Waals surface area contributed by atoms with E-state index >= 15 is 0 Å². The van der Waals surface area contributed by atoms with Crippen molar-refractivity contribution in [2.24, 2.45) is 0 Å². The van der Waals surface area contributed by atoms with Crippen molar-refractivity contribution in [1.29, 1.82) is 5.26 Å². The highest BCUT2D eigenvalue weighted by Gasteiger charge is 2.02. The van der Waals surface area contributed by atoms with Crippen LogP contribution in [0.2, 0.25) is 0 Å². The minimum atomic E-state index is -0.819. The lowest BCUT2D eigenvalue weighted by atomic mass is 10.1. The Kier molecular flexibility index (Phi) is 5.11. The van der Waals surface area contributed by atoms with Crippen molar-refractivity contribution in [3.63, 3.8) is 0 Å². The number of carbonyl (C=O) groups is 1. The van der Waals surface area contributed by atoms with Gasteiger partial charge in [0.2, 0.25) is 0 Å². The van der Waals surface area contributed by atoms with Gasteiger partial charge in [0.05, 0.1) is 5.56 Å². The highest BCUT2D eigenvalue weighted by Crippen LogP contribution is 2.09. The summed E-state index contributed by atoms with van der Waals surface area (Å²) in [6.45, 7) is 1.07. The predicted octanol–water partition coefficient (Wildman–Crippen LogP) is 1.65. The molecule has 5 heteroatoms. The highest BCUT2D eigenvalue weighted by atomic mass is 19.1. The van der Waals surface area contributed by atoms with Gasteiger partial charge in [-0.25, -0.2) is 4.39 Å². The molecule has 0 unspecified atom stereocenters. The zero-order valence-corrected chi connectivity index (χ0v) is 9.24. The lowest BCUT2D eigenvalue weighted by Gasteiger charge is -2.04. The zero-order valence-electron chi connectivity index (χ0n) is 9.24. The van der Waals surface area contributed by atoms with Crippen LogP contribution >= 0.6 is 0 Å². The van der Waals surface area contributed by atoms with Gasteiger partial charge in [-0.05, 0) is 30.7 Å². The lowest BCUT2D eigenvalue weighted by Crippen LogP contribution is -2.15. The second-order valence-corrected chi connectivity index (χ2v) is 3.60. The van der Waals surface area contributed by atoms with Gasteiger partial charge in [0.1, 0.15) is 11.9 Å². The maximum atomic E-state index is 13.0. The first kappa shape index (κ1) is 13.1. The van der Waals surface area contributed by atoms with E-state index in [1.165, 1.54) is 12.1 Å². The van der Waals surface area contributed by atoms with E-state index in [4.69, 9.17) is 10.4 Å². The lowest BCUT2D eigenvalue weighted by molar-refractivity contribution is -0.137. The predicted molar refractivity (Wildman–Crippen MR) is 59.7 cm³/mol. The number of aliphatic carboxylic acids is 1. The molecule has 0 amide bonds. The average Bonchev–Trinajstić information content (AvgIpc) is 2.30. The monoisotopic (exact) mass is 236 g/mol. The Bertz CT molecular complexity index is 441. The molecule has 0 atom stereocenters. The molecule has 17 heavy (non-hydrogen) atoms. The fourth-order valence-electron chi connectivity index (χ4n) is 1.37. The quantitative estimate of drug-likeness (QED) is 0.736. The zero-order chi connectivity index (χ0) is 12.7. The molecule has 1 aromatic rings. The topological polar surface area (TPSA) is 73.1 Å². The van der Waals surface area contributed by atoms with Gasteiger partial charge >= 0.3 is 5.97 Å². The van der Waals surface area contributed by atoms with E-state index in [1.807, 2.05) is 0 Å². The summed E-state index contributed by atoms with van der Waals surface area (Å²) in [4.78, 5) is 10.2. The van der Waals surface area contributed by atoms with Crippen molar-refractivity contribution in [2.75, 3.05) is 6.54 Å². The Morgan fingerprint density at radius 1 is 1.53 bits per heavy atom. The van der Waals surface area contributed by atoms with Crippen molar-refractivity contribution >= 4 is 5.97 Å². The van der Waals surface area contributed by atoms with E-state index in [-0.39, 0.29) is 12.0 Å². The second kappa shape index (κ2) is 6.61. The van der Waals surface area contributed by atoms with Crippen LogP contribution in [-0.4, -0.2) is 17.6 Å². The van der Waals surface area contributed by atoms with Crippen molar-refractivity contribution in [3.8, 4) is 6.07 Å². The molecule has 2 N–H and O–H groups in total. The van der Waals surface area contributed by atoms with Gasteiger partial charge < -0.3 is 10.4 Å². The number of nitrogens with zero attached hydrogens (tertiary/aromatic N) is 1. The highest BCUT2D eigenvalue weighted by molar-refractivity contribution is 5.66. The first-order valence-electron chi connectivity index (χ1n) is 5.24. The van der Waals surface area contributed by atoms with E-state index < -0.39 is 11.8 Å². The molecule has 0 aliphatic heterocycles. The molecule has 0 fully saturated rings. The van der Waals surface area contributed by atoms with Gasteiger partial charge in [0.15, 0.2) is 0 Å². The third-order valence-corrected chi connectivity index (χ3v) is 2.22. The molecule has 1 aromatic carbocycles. The van der Waals surface area contributed by atoms with Gasteiger partial charge in [-0.3, -0.25) is 4.79 Å². The van der Waals surface area contributed by atoms with Crippen molar-refractivity contribution in [1.82, 2.24) is 5.32 Å². The Morgan fingerprint density at radius 2 is 2.29 bits per heavy atom. The van der Waals surface area contributed by atoms with Gasteiger partial charge in [-0.2, -0.15) is 5.26 Å². The number of hydrogen-bond acceptors (Lipinski definition) is 3. The van der Waals surface area contributed by atoms with E-state index in [2.05, 4.69) is 5.32 Å². The minimum absolute atomic E-state index is 0.0230. The SMILES string of the molecule is N#Cc1cc(CNCCCC(=O)O)ccc1F. The molecule has 90 valence electrons. The Labute approximate surface area is 98.7 Å². The van der Waals surface area contributed by atoms with Gasteiger partial charge in [0.25, 0.3) is 0 Å². The molecule has 0 heterocycles. The summed E-state index contributed by atoms with van der Waals surface area (Å²) >= 11 is 0. The molecule has 4 nitrogen and oxygen atoms in total. The Balaban J connectivity index is 2.37. The van der Waals surface area contributed by atoms with Crippen LogP contribution in [0.1, 0.15) is 24.0 Å². The standard InChI is InChI=1S/C12H13FN2O2/c13-11-4-3-9(6-10(11)7-14)8-15-5-1-2-12(16)17/h3-4,6,15H,1-2,5,8H2,(H,16,17). The van der Waals surface area contributed by atoms with Crippen LogP contribution in [0.5, 0.6) is 0 Å². The molecule has 0 aliphatic rings. The number of halogens is 1. The molecule has 0 radical (unpaired) electrons. The van der Waals surface area contributed by atoms with E-state index in [0.717, 1.165) is 5.56 Å². The van der Waals surface area contributed by atoms with Crippen LogP contribution in [0.3, 0.4) is 0 Å². The summed E-state index contributed by atoms with van der Waals surface area (Å²) in [5, 5.41) is 20.1. The van der Waals surface area contributed by atoms with Crippen LogP contribution in [0.4, 0.5) is 4.39 Å². The number of carboxylic acids is 1. The summed E-state index contributed by atoms with van der Waals surface area (Å²) in [5.74, 6) is -1.34. The fraction of sp³-hybridized carbons (Fsp3) is 0.333. The number of nitriles is 1. The van der Waals surface area contributed by atoms with Crippen LogP contribution in [-0.2, 0) is 11.3 Å². The number of rotatable bonds is 6. The largest absolute Gasteiger partial charge is 0.481 e. The molecule has 0 saturated carbocycles. The molecule has 0 spiro atoms. The maximum absolute atomic E-state index is 13.0. The number of benzene rings is 1. The number of hydrogen-bond donors (Lipinski definition) is 2. The van der Waals surface area contributed by atoms with Crippen LogP contribution in [0, 0.1) is 17.1 Å². The second-order valence-electron chi connectivity index (χ2n) is 3.60. The summed E-state index contributed by atoms with van der Waals surface area (Å²) in [6, 6.07) is 6.11. The number of carboxylic acid groups (broad SMARTS) is 1. The molecular formula is C12H13FN2O2. The molecular weight excluding hydrogens is 223 g/mol. The third-order valence-electron chi connectivity index (χ3n) is 2.22. The fourth-order valence-corrected chi connectivity index (χ4v) is 1.37. The summed E-state index contributed by atoms with van der Waals surface area (Å²) in [5.41, 5.74) is 0.827. The summed E-state index contributed by atoms with van der Waals surface area (Å²) < 4.78 is 13.0. The smallest absolute Gasteiger partial charge is 0.303 e. The molecule has 0 bridgehead atoms. The summed E-state index contributed by atoms with van der Waals surface area (Å²) in [6.07, 6.45) is 0.668. The van der Waals surface area contributed by atoms with E-state index in [9.17, 15) is 9.18 Å². The van der Waals surface area contributed by atoms with Gasteiger partial charge in [-0.1, -0.05) is 6.07 Å². The van der Waals surface area contributed by atoms with Gasteiger partial charge in [-0.15, -0.1) is 0 Å². The van der Waals surface area contributed by atoms with Gasteiger partial charge in [0, 0.05) is 13.0 Å². The Hall–Kier alpha value is -1.93. The summed E-state index contributed by atoms with van der Waals surface area (Å²) in [7, 11) is 0. The molecule has 0 aromatic heterocycles.